The Kier molecular flexibility index (Phi) is 6.68. The molecule has 0 unspecified atom stereocenters. The van der Waals surface area contributed by atoms with Gasteiger partial charge in [-0.15, -0.1) is 0 Å². The Balaban J connectivity index is 1.75. The van der Waals surface area contributed by atoms with E-state index in [2.05, 4.69) is 10.4 Å². The predicted octanol–water partition coefficient (Wildman–Crippen LogP) is 4.00. The van der Waals surface area contributed by atoms with Crippen molar-refractivity contribution in [2.24, 2.45) is 0 Å². The van der Waals surface area contributed by atoms with E-state index in [1.807, 2.05) is 42.6 Å². The zero-order valence-electron chi connectivity index (χ0n) is 15.8. The Morgan fingerprint density at radius 1 is 1.11 bits per heavy atom. The summed E-state index contributed by atoms with van der Waals surface area (Å²) in [4.78, 5) is 12.3. The fraction of sp³-hybridized carbons (Fsp3) is 0.238. The van der Waals surface area contributed by atoms with Crippen LogP contribution in [0.1, 0.15) is 28.5 Å². The van der Waals surface area contributed by atoms with Crippen molar-refractivity contribution < 1.29 is 14.3 Å². The summed E-state index contributed by atoms with van der Waals surface area (Å²) in [6.45, 7) is 3.20. The Hall–Kier alpha value is -2.83. The number of hydrogen-bond donors (Lipinski definition) is 1. The molecule has 0 saturated heterocycles. The molecule has 0 atom stereocenters. The molecule has 146 valence electrons. The summed E-state index contributed by atoms with van der Waals surface area (Å²) in [7, 11) is 1.64. The lowest BCUT2D eigenvalue weighted by Gasteiger charge is -2.06. The van der Waals surface area contributed by atoms with E-state index < -0.39 is 5.97 Å². The van der Waals surface area contributed by atoms with Crippen LogP contribution in [0.4, 0.5) is 0 Å². The molecular weight excluding hydrogens is 378 g/mol. The van der Waals surface area contributed by atoms with Crippen LogP contribution >= 0.6 is 11.6 Å². The van der Waals surface area contributed by atoms with Crippen LogP contribution in [0.3, 0.4) is 0 Å². The van der Waals surface area contributed by atoms with E-state index in [0.717, 1.165) is 22.6 Å². The van der Waals surface area contributed by atoms with Crippen molar-refractivity contribution in [3.8, 4) is 11.4 Å². The number of aromatic nitrogens is 2. The lowest BCUT2D eigenvalue weighted by Crippen LogP contribution is -2.15. The number of methoxy groups -OCH3 is 1. The monoisotopic (exact) mass is 399 g/mol. The first-order chi connectivity index (χ1) is 13.6. The predicted molar refractivity (Wildman–Crippen MR) is 108 cm³/mol. The molecule has 0 aliphatic rings. The zero-order valence-corrected chi connectivity index (χ0v) is 16.6. The summed E-state index contributed by atoms with van der Waals surface area (Å²) in [5.41, 5.74) is 3.00. The summed E-state index contributed by atoms with van der Waals surface area (Å²) in [6.07, 6.45) is 1.83. The molecule has 1 heterocycles. The van der Waals surface area contributed by atoms with Gasteiger partial charge in [0.15, 0.2) is 5.69 Å². The Bertz CT molecular complexity index is 921. The topological polar surface area (TPSA) is 65.4 Å². The second kappa shape index (κ2) is 9.39. The number of halogens is 1. The minimum Gasteiger partial charge on any atom is -0.497 e. The number of benzene rings is 2. The lowest BCUT2D eigenvalue weighted by atomic mass is 10.2. The van der Waals surface area contributed by atoms with Crippen molar-refractivity contribution in [2.75, 3.05) is 13.7 Å². The normalized spacial score (nSPS) is 10.7. The Morgan fingerprint density at radius 2 is 1.82 bits per heavy atom. The van der Waals surface area contributed by atoms with Gasteiger partial charge in [0.05, 0.1) is 19.4 Å². The number of nitrogens with one attached hydrogen (secondary N) is 1. The van der Waals surface area contributed by atoms with Gasteiger partial charge in [0.1, 0.15) is 5.75 Å². The number of nitrogens with zero attached hydrogens (tertiary/aromatic N) is 2. The third-order valence-electron chi connectivity index (χ3n) is 4.15. The minimum absolute atomic E-state index is 0.297. The highest BCUT2D eigenvalue weighted by Crippen LogP contribution is 2.17. The van der Waals surface area contributed by atoms with Crippen molar-refractivity contribution in [3.05, 3.63) is 76.6 Å². The van der Waals surface area contributed by atoms with Crippen molar-refractivity contribution in [3.63, 3.8) is 0 Å². The highest BCUT2D eigenvalue weighted by Gasteiger charge is 2.18. The molecule has 0 bridgehead atoms. The van der Waals surface area contributed by atoms with Crippen LogP contribution in [0.2, 0.25) is 5.02 Å². The average Bonchev–Trinajstić information content (AvgIpc) is 3.13. The molecule has 0 aliphatic carbocycles. The smallest absolute Gasteiger partial charge is 0.359 e. The van der Waals surface area contributed by atoms with Crippen LogP contribution in [-0.2, 0) is 17.8 Å². The van der Waals surface area contributed by atoms with Crippen LogP contribution in [0, 0.1) is 0 Å². The molecule has 0 amide bonds. The SMILES string of the molecule is CCOC(=O)c1nn(-c2ccc(Cl)cc2)cc1CNCc1ccc(OC)cc1. The maximum atomic E-state index is 12.3. The Labute approximate surface area is 169 Å². The highest BCUT2D eigenvalue weighted by molar-refractivity contribution is 6.30. The first kappa shape index (κ1) is 19.9. The summed E-state index contributed by atoms with van der Waals surface area (Å²) < 4.78 is 12.0. The van der Waals surface area contributed by atoms with Gasteiger partial charge in [0.2, 0.25) is 0 Å². The van der Waals surface area contributed by atoms with Gasteiger partial charge in [-0.05, 0) is 48.9 Å². The van der Waals surface area contributed by atoms with Crippen LogP contribution in [0.15, 0.2) is 54.7 Å². The summed E-state index contributed by atoms with van der Waals surface area (Å²) in [5, 5.41) is 8.40. The first-order valence-electron chi connectivity index (χ1n) is 8.96. The fourth-order valence-electron chi connectivity index (χ4n) is 2.72. The maximum Gasteiger partial charge on any atom is 0.359 e. The number of rotatable bonds is 8. The fourth-order valence-corrected chi connectivity index (χ4v) is 2.85. The third-order valence-corrected chi connectivity index (χ3v) is 4.41. The molecule has 0 spiro atoms. The third kappa shape index (κ3) is 4.91. The summed E-state index contributed by atoms with van der Waals surface area (Å²) in [5.74, 6) is 0.383. The van der Waals surface area contributed by atoms with E-state index in [-0.39, 0.29) is 0 Å². The lowest BCUT2D eigenvalue weighted by molar-refractivity contribution is 0.0517. The Morgan fingerprint density at radius 3 is 2.46 bits per heavy atom. The van der Waals surface area contributed by atoms with Gasteiger partial charge < -0.3 is 14.8 Å². The van der Waals surface area contributed by atoms with Crippen LogP contribution in [0.5, 0.6) is 5.75 Å². The molecule has 2 aromatic carbocycles. The van der Waals surface area contributed by atoms with E-state index in [9.17, 15) is 4.79 Å². The van der Waals surface area contributed by atoms with Gasteiger partial charge in [-0.3, -0.25) is 0 Å². The summed E-state index contributed by atoms with van der Waals surface area (Å²) in [6, 6.07) is 15.1. The van der Waals surface area contributed by atoms with Gasteiger partial charge in [-0.2, -0.15) is 5.10 Å². The second-order valence-corrected chi connectivity index (χ2v) is 6.53. The van der Waals surface area contributed by atoms with E-state index >= 15 is 0 Å². The molecular formula is C21H22ClN3O3. The molecule has 0 fully saturated rings. The molecule has 3 aromatic rings. The van der Waals surface area contributed by atoms with E-state index in [1.165, 1.54) is 0 Å². The zero-order chi connectivity index (χ0) is 19.9. The van der Waals surface area contributed by atoms with E-state index in [0.29, 0.717) is 30.4 Å². The number of esters is 1. The van der Waals surface area contributed by atoms with Gasteiger partial charge in [-0.25, -0.2) is 9.48 Å². The first-order valence-corrected chi connectivity index (χ1v) is 9.33. The summed E-state index contributed by atoms with van der Waals surface area (Å²) >= 11 is 5.95. The number of hydrogen-bond acceptors (Lipinski definition) is 5. The van der Waals surface area contributed by atoms with Crippen molar-refractivity contribution in [1.82, 2.24) is 15.1 Å². The minimum atomic E-state index is -0.434. The number of carbonyl (C=O) groups is 1. The largest absolute Gasteiger partial charge is 0.497 e. The van der Waals surface area contributed by atoms with E-state index in [1.54, 1.807) is 30.8 Å². The quantitative estimate of drug-likeness (QED) is 0.580. The molecule has 3 rings (SSSR count). The molecule has 0 aliphatic heterocycles. The van der Waals surface area contributed by atoms with Gasteiger partial charge in [0, 0.05) is 29.9 Å². The number of carbonyl (C=O) groups excluding carboxylic acids is 1. The molecule has 6 nitrogen and oxygen atoms in total. The van der Waals surface area contributed by atoms with E-state index in [4.69, 9.17) is 21.1 Å². The molecule has 1 N–H and O–H groups in total. The van der Waals surface area contributed by atoms with Gasteiger partial charge in [0.25, 0.3) is 0 Å². The molecule has 0 saturated carbocycles. The van der Waals surface area contributed by atoms with Crippen LogP contribution < -0.4 is 10.1 Å². The van der Waals surface area contributed by atoms with Gasteiger partial charge in [-0.1, -0.05) is 23.7 Å². The standard InChI is InChI=1S/C21H22ClN3O3/c1-3-28-21(26)20-16(13-23-12-15-4-10-19(27-2)11-5-15)14-25(24-20)18-8-6-17(22)7-9-18/h4-11,14,23H,3,12-13H2,1-2H3. The van der Waals surface area contributed by atoms with Gasteiger partial charge >= 0.3 is 5.97 Å². The molecule has 28 heavy (non-hydrogen) atoms. The molecule has 1 aromatic heterocycles. The maximum absolute atomic E-state index is 12.3. The molecule has 0 radical (unpaired) electrons. The average molecular weight is 400 g/mol. The highest BCUT2D eigenvalue weighted by atomic mass is 35.5. The van der Waals surface area contributed by atoms with Crippen LogP contribution in [0.25, 0.3) is 5.69 Å². The second-order valence-electron chi connectivity index (χ2n) is 6.10. The van der Waals surface area contributed by atoms with Crippen molar-refractivity contribution >= 4 is 17.6 Å². The van der Waals surface area contributed by atoms with Crippen molar-refractivity contribution in [1.29, 1.82) is 0 Å². The number of ether oxygens (including phenoxy) is 2. The molecule has 7 heteroatoms. The van der Waals surface area contributed by atoms with Crippen molar-refractivity contribution in [2.45, 2.75) is 20.0 Å². The van der Waals surface area contributed by atoms with Crippen LogP contribution in [-0.4, -0.2) is 29.5 Å².